The molecule has 0 aliphatic heterocycles. The van der Waals surface area contributed by atoms with Gasteiger partial charge in [-0.15, -0.1) is 0 Å². The molecular formula is C28H50O4. The Labute approximate surface area is 197 Å². The third-order valence-corrected chi connectivity index (χ3v) is 5.75. The first kappa shape index (κ1) is 30.4. The van der Waals surface area contributed by atoms with E-state index in [2.05, 4.69) is 31.2 Å². The molecule has 0 amide bonds. The molecule has 0 aromatic rings. The van der Waals surface area contributed by atoms with Crippen LogP contribution >= 0.6 is 0 Å². The van der Waals surface area contributed by atoms with E-state index in [4.69, 9.17) is 9.84 Å². The summed E-state index contributed by atoms with van der Waals surface area (Å²) >= 11 is 0. The Morgan fingerprint density at radius 2 is 1.16 bits per heavy atom. The summed E-state index contributed by atoms with van der Waals surface area (Å²) in [4.78, 5) is 22.5. The molecule has 0 aliphatic carbocycles. The number of esters is 1. The molecule has 0 fully saturated rings. The van der Waals surface area contributed by atoms with E-state index in [1.807, 2.05) is 0 Å². The van der Waals surface area contributed by atoms with Gasteiger partial charge in [-0.3, -0.25) is 4.79 Å². The van der Waals surface area contributed by atoms with E-state index in [-0.39, 0.29) is 5.97 Å². The minimum atomic E-state index is -1.06. The summed E-state index contributed by atoms with van der Waals surface area (Å²) in [5.41, 5.74) is 0. The molecule has 0 heterocycles. The quantitative estimate of drug-likeness (QED) is 0.0962. The van der Waals surface area contributed by atoms with Gasteiger partial charge in [0.1, 0.15) is 0 Å². The molecule has 186 valence electrons. The third kappa shape index (κ3) is 21.6. The van der Waals surface area contributed by atoms with E-state index < -0.39 is 12.1 Å². The van der Waals surface area contributed by atoms with Crippen LogP contribution < -0.4 is 0 Å². The molecule has 1 N–H and O–H groups in total. The van der Waals surface area contributed by atoms with Gasteiger partial charge in [-0.2, -0.15) is 0 Å². The molecule has 1 unspecified atom stereocenters. The average molecular weight is 451 g/mol. The van der Waals surface area contributed by atoms with E-state index in [0.717, 1.165) is 25.7 Å². The Balaban J connectivity index is 3.33. The van der Waals surface area contributed by atoms with Gasteiger partial charge < -0.3 is 9.84 Å². The van der Waals surface area contributed by atoms with E-state index in [1.54, 1.807) is 6.92 Å². The highest BCUT2D eigenvalue weighted by molar-refractivity contribution is 5.77. The minimum Gasteiger partial charge on any atom is -0.479 e. The number of hydrogen-bond donors (Lipinski definition) is 1. The lowest BCUT2D eigenvalue weighted by Crippen LogP contribution is -2.26. The summed E-state index contributed by atoms with van der Waals surface area (Å²) in [5, 5.41) is 8.89. The maximum absolute atomic E-state index is 11.6. The van der Waals surface area contributed by atoms with Crippen molar-refractivity contribution in [3.05, 3.63) is 24.3 Å². The van der Waals surface area contributed by atoms with Crippen molar-refractivity contribution in [3.63, 3.8) is 0 Å². The summed E-state index contributed by atoms with van der Waals surface area (Å²) in [7, 11) is 0. The van der Waals surface area contributed by atoms with Gasteiger partial charge in [-0.05, 0) is 44.9 Å². The molecule has 4 nitrogen and oxygen atoms in total. The number of hydrogen-bond acceptors (Lipinski definition) is 3. The first-order valence-corrected chi connectivity index (χ1v) is 13.3. The van der Waals surface area contributed by atoms with Crippen LogP contribution in [0.5, 0.6) is 0 Å². The number of aliphatic carboxylic acids is 1. The zero-order chi connectivity index (χ0) is 23.7. The summed E-state index contributed by atoms with van der Waals surface area (Å²) in [6.45, 7) is 3.97. The number of carbonyl (C=O) groups is 2. The molecule has 0 radical (unpaired) electrons. The maximum atomic E-state index is 11.6. The fourth-order valence-electron chi connectivity index (χ4n) is 3.67. The molecule has 0 aromatic heterocycles. The number of carboxylic acid groups (broad SMARTS) is 1. The van der Waals surface area contributed by atoms with Crippen molar-refractivity contribution >= 4 is 11.9 Å². The molecule has 0 rings (SSSR count). The van der Waals surface area contributed by atoms with E-state index in [9.17, 15) is 9.59 Å². The SMILES string of the molecule is CCCCCCC/C=C\C/C=C\CCCCCCCCCCCC(=O)OC(CC)C(=O)O. The normalized spacial score (nSPS) is 12.6. The lowest BCUT2D eigenvalue weighted by Gasteiger charge is -2.11. The van der Waals surface area contributed by atoms with Crippen LogP contribution in [0.15, 0.2) is 24.3 Å². The van der Waals surface area contributed by atoms with Crippen LogP contribution in [0.25, 0.3) is 0 Å². The minimum absolute atomic E-state index is 0.314. The fraction of sp³-hybridized carbons (Fsp3) is 0.786. The molecule has 0 bridgehead atoms. The second-order valence-electron chi connectivity index (χ2n) is 8.83. The Morgan fingerprint density at radius 1 is 0.688 bits per heavy atom. The highest BCUT2D eigenvalue weighted by atomic mass is 16.6. The first-order valence-electron chi connectivity index (χ1n) is 13.3. The molecular weight excluding hydrogens is 400 g/mol. The Bertz CT molecular complexity index is 496. The number of carbonyl (C=O) groups excluding carboxylic acids is 1. The molecule has 0 aliphatic rings. The molecule has 32 heavy (non-hydrogen) atoms. The van der Waals surface area contributed by atoms with E-state index >= 15 is 0 Å². The standard InChI is InChI=1S/C28H50O4/c1-3-5-6-7-8-9-10-11-12-13-14-15-16-17-18-19-20-21-22-23-24-25-27(29)32-26(4-2)28(30)31/h10-11,13-14,26H,3-9,12,15-25H2,1-2H3,(H,30,31)/b11-10-,14-13-. The third-order valence-electron chi connectivity index (χ3n) is 5.75. The van der Waals surface area contributed by atoms with Gasteiger partial charge in [0.25, 0.3) is 0 Å². The van der Waals surface area contributed by atoms with Gasteiger partial charge in [-0.1, -0.05) is 109 Å². The molecule has 4 heteroatoms. The van der Waals surface area contributed by atoms with E-state index in [0.29, 0.717) is 12.8 Å². The zero-order valence-corrected chi connectivity index (χ0v) is 21.0. The largest absolute Gasteiger partial charge is 0.479 e. The average Bonchev–Trinajstić information content (AvgIpc) is 2.78. The predicted molar refractivity (Wildman–Crippen MR) is 135 cm³/mol. The molecule has 0 saturated carbocycles. The summed E-state index contributed by atoms with van der Waals surface area (Å²) < 4.78 is 4.96. The molecule has 0 saturated heterocycles. The zero-order valence-electron chi connectivity index (χ0n) is 21.0. The monoisotopic (exact) mass is 450 g/mol. The Kier molecular flexibility index (Phi) is 22.9. The lowest BCUT2D eigenvalue weighted by atomic mass is 10.1. The van der Waals surface area contributed by atoms with Crippen molar-refractivity contribution in [2.45, 2.75) is 142 Å². The van der Waals surface area contributed by atoms with Gasteiger partial charge in [-0.25, -0.2) is 4.79 Å². The smallest absolute Gasteiger partial charge is 0.345 e. The topological polar surface area (TPSA) is 63.6 Å². The van der Waals surface area contributed by atoms with Crippen LogP contribution in [0.4, 0.5) is 0 Å². The molecule has 0 spiro atoms. The second kappa shape index (κ2) is 24.1. The van der Waals surface area contributed by atoms with Crippen molar-refractivity contribution < 1.29 is 19.4 Å². The van der Waals surface area contributed by atoms with Crippen LogP contribution in [0, 0.1) is 0 Å². The van der Waals surface area contributed by atoms with Gasteiger partial charge in [0.05, 0.1) is 0 Å². The summed E-state index contributed by atoms with van der Waals surface area (Å²) in [5.74, 6) is -1.45. The van der Waals surface area contributed by atoms with Crippen LogP contribution in [0.2, 0.25) is 0 Å². The Hall–Kier alpha value is -1.58. The fourth-order valence-corrected chi connectivity index (χ4v) is 3.67. The first-order chi connectivity index (χ1) is 15.6. The van der Waals surface area contributed by atoms with Crippen molar-refractivity contribution in [1.29, 1.82) is 0 Å². The predicted octanol–water partition coefficient (Wildman–Crippen LogP) is 8.55. The second-order valence-corrected chi connectivity index (χ2v) is 8.83. The summed E-state index contributed by atoms with van der Waals surface area (Å²) in [6, 6.07) is 0. The van der Waals surface area contributed by atoms with Gasteiger partial charge >= 0.3 is 11.9 Å². The maximum Gasteiger partial charge on any atom is 0.345 e. The van der Waals surface area contributed by atoms with E-state index in [1.165, 1.54) is 83.5 Å². The number of rotatable bonds is 23. The number of allylic oxidation sites excluding steroid dienone is 4. The van der Waals surface area contributed by atoms with Gasteiger partial charge in [0.15, 0.2) is 6.10 Å². The number of ether oxygens (including phenoxy) is 1. The van der Waals surface area contributed by atoms with Gasteiger partial charge in [0.2, 0.25) is 0 Å². The van der Waals surface area contributed by atoms with Crippen LogP contribution in [0.3, 0.4) is 0 Å². The van der Waals surface area contributed by atoms with Crippen LogP contribution in [-0.2, 0) is 14.3 Å². The highest BCUT2D eigenvalue weighted by Crippen LogP contribution is 2.12. The van der Waals surface area contributed by atoms with Gasteiger partial charge in [0, 0.05) is 6.42 Å². The number of unbranched alkanes of at least 4 members (excludes halogenated alkanes) is 14. The van der Waals surface area contributed by atoms with Crippen molar-refractivity contribution in [2.24, 2.45) is 0 Å². The highest BCUT2D eigenvalue weighted by Gasteiger charge is 2.19. The van der Waals surface area contributed by atoms with Crippen molar-refractivity contribution in [1.82, 2.24) is 0 Å². The molecule has 0 aromatic carbocycles. The van der Waals surface area contributed by atoms with Crippen molar-refractivity contribution in [2.75, 3.05) is 0 Å². The van der Waals surface area contributed by atoms with Crippen LogP contribution in [-0.4, -0.2) is 23.1 Å². The lowest BCUT2D eigenvalue weighted by molar-refractivity contribution is -0.164. The Morgan fingerprint density at radius 3 is 1.62 bits per heavy atom. The number of carboxylic acids is 1. The molecule has 1 atom stereocenters. The summed E-state index contributed by atoms with van der Waals surface area (Å²) in [6.07, 6.45) is 29.8. The van der Waals surface area contributed by atoms with Crippen LogP contribution in [0.1, 0.15) is 136 Å². The van der Waals surface area contributed by atoms with Crippen molar-refractivity contribution in [3.8, 4) is 0 Å².